The van der Waals surface area contributed by atoms with Crippen molar-refractivity contribution in [3.63, 3.8) is 0 Å². The minimum absolute atomic E-state index is 0.0878. The lowest BCUT2D eigenvalue weighted by atomic mass is 10.2. The van der Waals surface area contributed by atoms with Gasteiger partial charge < -0.3 is 15.2 Å². The molecule has 0 radical (unpaired) electrons. The predicted octanol–water partition coefficient (Wildman–Crippen LogP) is 2.89. The zero-order valence-corrected chi connectivity index (χ0v) is 15.4. The first-order valence-electron chi connectivity index (χ1n) is 8.63. The van der Waals surface area contributed by atoms with Crippen molar-refractivity contribution in [1.29, 1.82) is 0 Å². The molecule has 3 rings (SSSR count). The third-order valence-corrected chi connectivity index (χ3v) is 5.47. The minimum Gasteiger partial charge on any atom is -0.346 e. The molecule has 24 heavy (non-hydrogen) atoms. The van der Waals surface area contributed by atoms with E-state index in [9.17, 15) is 4.79 Å². The van der Waals surface area contributed by atoms with Crippen LogP contribution in [-0.2, 0) is 4.79 Å². The van der Waals surface area contributed by atoms with E-state index in [1.54, 1.807) is 0 Å². The summed E-state index contributed by atoms with van der Waals surface area (Å²) in [4.78, 5) is 17.2. The second-order valence-corrected chi connectivity index (χ2v) is 7.79. The van der Waals surface area contributed by atoms with Gasteiger partial charge >= 0.3 is 0 Å². The summed E-state index contributed by atoms with van der Waals surface area (Å²) in [6, 6.07) is 8.60. The first-order valence-corrected chi connectivity index (χ1v) is 9.79. The number of thioether (sulfide) groups is 1. The lowest BCUT2D eigenvalue weighted by Gasteiger charge is -2.24. The van der Waals surface area contributed by atoms with Crippen LogP contribution in [0.15, 0.2) is 24.3 Å². The van der Waals surface area contributed by atoms with E-state index >= 15 is 0 Å². The predicted molar refractivity (Wildman–Crippen MR) is 100 cm³/mol. The normalized spacial score (nSPS) is 19.6. The Morgan fingerprint density at radius 2 is 2.21 bits per heavy atom. The molecule has 2 heterocycles. The molecular formula is C18H26N4OS. The highest BCUT2D eigenvalue weighted by molar-refractivity contribution is 7.99. The van der Waals surface area contributed by atoms with E-state index in [0.717, 1.165) is 34.9 Å². The summed E-state index contributed by atoms with van der Waals surface area (Å²) in [6.45, 7) is 7.30. The van der Waals surface area contributed by atoms with Gasteiger partial charge in [0.1, 0.15) is 5.82 Å². The molecule has 2 N–H and O–H groups in total. The Balaban J connectivity index is 1.74. The maximum absolute atomic E-state index is 12.4. The van der Waals surface area contributed by atoms with Gasteiger partial charge in [-0.2, -0.15) is 11.8 Å². The number of nitrogens with zero attached hydrogens (tertiary/aromatic N) is 2. The molecule has 0 bridgehead atoms. The van der Waals surface area contributed by atoms with Crippen molar-refractivity contribution in [3.8, 4) is 0 Å². The van der Waals surface area contributed by atoms with Gasteiger partial charge in [0.25, 0.3) is 0 Å². The molecule has 2 aromatic rings. The number of rotatable bonds is 5. The Morgan fingerprint density at radius 3 is 2.92 bits per heavy atom. The quantitative estimate of drug-likeness (QED) is 0.874. The third-order valence-electron chi connectivity index (χ3n) is 4.33. The Hall–Kier alpha value is -1.53. The summed E-state index contributed by atoms with van der Waals surface area (Å²) in [6.07, 6.45) is 0.527. The van der Waals surface area contributed by atoms with Gasteiger partial charge in [-0.15, -0.1) is 0 Å². The van der Waals surface area contributed by atoms with Crippen molar-refractivity contribution >= 4 is 28.7 Å². The number of benzene rings is 1. The number of aromatic nitrogens is 2. The molecule has 6 heteroatoms. The number of carbonyl (C=O) groups excluding carboxylic acids is 1. The van der Waals surface area contributed by atoms with E-state index in [4.69, 9.17) is 4.98 Å². The first kappa shape index (κ1) is 17.3. The smallest absolute Gasteiger partial charge is 0.222 e. The molecule has 0 spiro atoms. The number of hydrogen-bond acceptors (Lipinski definition) is 4. The number of amides is 1. The largest absolute Gasteiger partial charge is 0.346 e. The van der Waals surface area contributed by atoms with Crippen molar-refractivity contribution in [2.24, 2.45) is 0 Å². The third kappa shape index (κ3) is 3.75. The van der Waals surface area contributed by atoms with Crippen molar-refractivity contribution < 1.29 is 4.79 Å². The number of nitrogens with one attached hydrogen (secondary N) is 2. The Bertz CT molecular complexity index is 706. The van der Waals surface area contributed by atoms with Gasteiger partial charge in [-0.05, 0) is 32.9 Å². The highest BCUT2D eigenvalue weighted by Crippen LogP contribution is 2.25. The van der Waals surface area contributed by atoms with Crippen LogP contribution in [0, 0.1) is 0 Å². The van der Waals surface area contributed by atoms with Gasteiger partial charge in [0.15, 0.2) is 0 Å². The first-order chi connectivity index (χ1) is 11.6. The zero-order valence-electron chi connectivity index (χ0n) is 14.6. The van der Waals surface area contributed by atoms with E-state index < -0.39 is 0 Å². The minimum atomic E-state index is -0.108. The van der Waals surface area contributed by atoms with Gasteiger partial charge in [0.05, 0.1) is 17.1 Å². The zero-order chi connectivity index (χ0) is 17.1. The van der Waals surface area contributed by atoms with Crippen molar-refractivity contribution in [3.05, 3.63) is 30.1 Å². The Morgan fingerprint density at radius 1 is 1.42 bits per heavy atom. The molecule has 1 aromatic carbocycles. The van der Waals surface area contributed by atoms with E-state index in [2.05, 4.69) is 35.1 Å². The molecule has 5 nitrogen and oxygen atoms in total. The molecule has 0 aliphatic carbocycles. The van der Waals surface area contributed by atoms with E-state index in [1.165, 1.54) is 0 Å². The van der Waals surface area contributed by atoms with Crippen LogP contribution in [0.5, 0.6) is 0 Å². The summed E-state index contributed by atoms with van der Waals surface area (Å²) in [5.74, 6) is 3.15. The maximum atomic E-state index is 12.4. The van der Waals surface area contributed by atoms with Crippen molar-refractivity contribution in [1.82, 2.24) is 20.2 Å². The fraction of sp³-hybridized carbons (Fsp3) is 0.556. The Kier molecular flexibility index (Phi) is 5.46. The molecular weight excluding hydrogens is 320 g/mol. The van der Waals surface area contributed by atoms with Gasteiger partial charge in [0.2, 0.25) is 5.91 Å². The standard InChI is InChI=1S/C18H26N4OS/c1-12(2)22-16-7-5-4-6-15(16)21-18(22)13(3)20-17(23)10-14-11-24-9-8-19-14/h4-7,12-14,19H,8-11H2,1-3H3,(H,20,23). The van der Waals surface area contributed by atoms with Crippen LogP contribution in [0.25, 0.3) is 11.0 Å². The second kappa shape index (κ2) is 7.57. The Labute approximate surface area is 147 Å². The van der Waals surface area contributed by atoms with Crippen LogP contribution in [0.3, 0.4) is 0 Å². The highest BCUT2D eigenvalue weighted by atomic mass is 32.2. The van der Waals surface area contributed by atoms with E-state index in [0.29, 0.717) is 12.5 Å². The molecule has 1 amide bonds. The summed E-state index contributed by atoms with van der Waals surface area (Å²) in [5, 5.41) is 6.54. The number of para-hydroxylation sites is 2. The molecule has 1 saturated heterocycles. The van der Waals surface area contributed by atoms with Crippen LogP contribution in [0.1, 0.15) is 45.1 Å². The lowest BCUT2D eigenvalue weighted by molar-refractivity contribution is -0.122. The molecule has 2 atom stereocenters. The van der Waals surface area contributed by atoms with Crippen LogP contribution >= 0.6 is 11.8 Å². The fourth-order valence-corrected chi connectivity index (χ4v) is 4.20. The molecule has 130 valence electrons. The van der Waals surface area contributed by atoms with E-state index in [1.807, 2.05) is 36.9 Å². The fourth-order valence-electron chi connectivity index (χ4n) is 3.25. The lowest BCUT2D eigenvalue weighted by Crippen LogP contribution is -2.42. The second-order valence-electron chi connectivity index (χ2n) is 6.64. The highest BCUT2D eigenvalue weighted by Gasteiger charge is 2.22. The van der Waals surface area contributed by atoms with E-state index in [-0.39, 0.29) is 18.0 Å². The van der Waals surface area contributed by atoms with Crippen molar-refractivity contribution in [2.75, 3.05) is 18.1 Å². The molecule has 1 aliphatic heterocycles. The summed E-state index contributed by atoms with van der Waals surface area (Å²) >= 11 is 1.91. The summed E-state index contributed by atoms with van der Waals surface area (Å²) in [5.41, 5.74) is 2.10. The monoisotopic (exact) mass is 346 g/mol. The van der Waals surface area contributed by atoms with Gasteiger partial charge in [-0.1, -0.05) is 12.1 Å². The van der Waals surface area contributed by atoms with Gasteiger partial charge in [-0.3, -0.25) is 4.79 Å². The topological polar surface area (TPSA) is 59.0 Å². The van der Waals surface area contributed by atoms with Gasteiger partial charge in [-0.25, -0.2) is 4.98 Å². The number of carbonyl (C=O) groups is 1. The average Bonchev–Trinajstić information content (AvgIpc) is 2.95. The molecule has 2 unspecified atom stereocenters. The molecule has 0 saturated carbocycles. The van der Waals surface area contributed by atoms with Crippen LogP contribution < -0.4 is 10.6 Å². The van der Waals surface area contributed by atoms with Crippen LogP contribution in [0.4, 0.5) is 0 Å². The number of imidazole rings is 1. The summed E-state index contributed by atoms with van der Waals surface area (Å²) < 4.78 is 2.22. The summed E-state index contributed by atoms with van der Waals surface area (Å²) in [7, 11) is 0. The van der Waals surface area contributed by atoms with Crippen LogP contribution in [0.2, 0.25) is 0 Å². The molecule has 1 aromatic heterocycles. The van der Waals surface area contributed by atoms with Gasteiger partial charge in [0, 0.05) is 36.6 Å². The van der Waals surface area contributed by atoms with Crippen molar-refractivity contribution in [2.45, 2.75) is 45.3 Å². The average molecular weight is 347 g/mol. The number of fused-ring (bicyclic) bond motifs is 1. The molecule has 1 fully saturated rings. The number of hydrogen-bond donors (Lipinski definition) is 2. The molecule has 1 aliphatic rings. The SMILES string of the molecule is CC(NC(=O)CC1CSCCN1)c1nc2ccccc2n1C(C)C. The maximum Gasteiger partial charge on any atom is 0.222 e. The van der Waals surface area contributed by atoms with Crippen LogP contribution in [-0.4, -0.2) is 39.6 Å².